The molecule has 0 saturated heterocycles. The fourth-order valence-corrected chi connectivity index (χ4v) is 30.7. The van der Waals surface area contributed by atoms with Gasteiger partial charge in [-0.05, 0) is 202 Å². The van der Waals surface area contributed by atoms with E-state index in [9.17, 15) is 28.4 Å². The van der Waals surface area contributed by atoms with Crippen LogP contribution < -0.4 is 10.6 Å². The molecule has 1 atom stereocenters. The number of rotatable bonds is 42. The molecule has 0 amide bonds. The van der Waals surface area contributed by atoms with Crippen LogP contribution >= 0.6 is 226 Å². The summed E-state index contributed by atoms with van der Waals surface area (Å²) in [5.41, 5.74) is 3.63. The highest BCUT2D eigenvalue weighted by Crippen LogP contribution is 2.38. The summed E-state index contributed by atoms with van der Waals surface area (Å²) in [6.07, 6.45) is 5.58. The van der Waals surface area contributed by atoms with Crippen LogP contribution in [0.1, 0.15) is 147 Å². The third kappa shape index (κ3) is 192. The highest BCUT2D eigenvalue weighted by atomic mass is 35.9. The third-order valence-electron chi connectivity index (χ3n) is 11.4. The summed E-state index contributed by atoms with van der Waals surface area (Å²) in [6, 6.07) is 12.9. The number of hydrogen-bond donors (Lipinski definition) is 14. The number of nitrogens with zero attached hydrogens (tertiary/aromatic N) is 7. The molecule has 0 radical (unpaired) electrons. The molecule has 0 spiro atoms. The normalized spacial score (nSPS) is 12.7. The Labute approximate surface area is 872 Å². The predicted octanol–water partition coefficient (Wildman–Crippen LogP) is 20.4. The standard InChI is InChI=1S/C12H28O4Si.C8H17NO3Si.C6H11Cl2NSi.C6H16Cl2Si2.C6H16O4Si.2C4H7Cl2NSi.C4H13O7PSi.C3H8Cl3NSi.C3H4Cl3NSi.C3H5Cl2NSi.C2H2Cl3NSi.CH7O6PSi/c1-10(2,3)14-17(13,15-11(4,5)6)16-12(7,8)9;1-4-10-13(8-7-9,11-5-2)12-6-3;1-10(7,8)6-4-2-3-5-9;1-9(2,7)5-6-10(3,4)8;7-3-1-5-11(9,10)6-2-4-8;2*1-8(5,6)4-2-3-7;1-10-12(5,6)11-3-2-4-13(7,8)9;2*4-8(5,6)3-1-2-7;1-7(4,5)3-2-6;3-7(4,5)2-1-6;2-8(3,4)1-9(5,6)7/h13H,1-9H3;4-6,8H2,1-3H3;2-4,6H2,1H3;5-6H2,1-4H3;7-10H,1-6H2;2*2,4H2,1H3;7-9H,2-4H2,1H3,(H,5,6);1-3,7H2;1,3H2;3H2,1H3;2H2;5-7H,1H2,(H2,2,3,4)/p-1. The van der Waals surface area contributed by atoms with Gasteiger partial charge in [0.05, 0.1) is 78.0 Å². The molecule has 129 heavy (non-hydrogen) atoms. The van der Waals surface area contributed by atoms with Gasteiger partial charge in [-0.1, -0.05) is 32.6 Å². The fraction of sp³-hybridized carbons (Fsp3) is 0.887. The Morgan fingerprint density at radius 2 is 0.698 bits per heavy atom. The molecule has 32 nitrogen and oxygen atoms in total. The van der Waals surface area contributed by atoms with Crippen molar-refractivity contribution in [3.8, 4) is 42.5 Å². The van der Waals surface area contributed by atoms with Crippen LogP contribution in [0, 0.1) is 79.3 Å². The Morgan fingerprint density at radius 3 is 0.860 bits per heavy atom. The van der Waals surface area contributed by atoms with E-state index in [4.69, 9.17) is 328 Å². The molecule has 0 saturated carbocycles. The van der Waals surface area contributed by atoms with Crippen LogP contribution in [-0.4, -0.2) is 243 Å². The van der Waals surface area contributed by atoms with Crippen molar-refractivity contribution < 1.29 is 113 Å². The molecule has 0 rings (SSSR count). The van der Waals surface area contributed by atoms with Gasteiger partial charge < -0.3 is 109 Å². The largest absolute Gasteiger partial charge is 0.756 e. The summed E-state index contributed by atoms with van der Waals surface area (Å²) >= 11 is 106. The number of nitrogens with two attached hydrogens (primary N) is 1. The average Bonchev–Trinajstić information content (AvgIpc) is 0.823. The van der Waals surface area contributed by atoms with Gasteiger partial charge in [-0.3, -0.25) is 9.13 Å². The molecule has 67 heteroatoms. The van der Waals surface area contributed by atoms with Gasteiger partial charge in [0.15, 0.2) is 0 Å². The summed E-state index contributed by atoms with van der Waals surface area (Å²) in [5.74, 6) is -1.24. The van der Waals surface area contributed by atoms with Crippen molar-refractivity contribution in [1.82, 2.24) is 0 Å². The van der Waals surface area contributed by atoms with E-state index >= 15 is 0 Å². The molecule has 1 unspecified atom stereocenters. The lowest BCUT2D eigenvalue weighted by atomic mass is 10.2. The van der Waals surface area contributed by atoms with E-state index < -0.39 is 142 Å². The van der Waals surface area contributed by atoms with Crippen LogP contribution in [0.3, 0.4) is 0 Å². The second kappa shape index (κ2) is 84.7. The first-order valence-corrected chi connectivity index (χ1v) is 95.1. The van der Waals surface area contributed by atoms with E-state index in [0.29, 0.717) is 107 Å². The van der Waals surface area contributed by atoms with E-state index in [2.05, 4.69) is 41.3 Å². The Balaban J connectivity index is -0.000000104. The summed E-state index contributed by atoms with van der Waals surface area (Å²) in [6.45, 7) is 32.4. The fourth-order valence-electron chi connectivity index (χ4n) is 6.44. The summed E-state index contributed by atoms with van der Waals surface area (Å²) in [5, 5.41) is 73.8. The van der Waals surface area contributed by atoms with E-state index in [1.165, 1.54) is 0 Å². The first-order valence-electron chi connectivity index (χ1n) is 38.8. The van der Waals surface area contributed by atoms with Gasteiger partial charge in [0.25, 0.3) is 14.5 Å². The summed E-state index contributed by atoms with van der Waals surface area (Å²) < 4.78 is 61.8. The number of phosphoric ester groups is 1. The van der Waals surface area contributed by atoms with Crippen molar-refractivity contribution in [3.63, 3.8) is 0 Å². The molecule has 772 valence electrons. The molecule has 0 aliphatic rings. The number of aliphatic hydroxyl groups excluding tert-OH is 2. The molecular formula is C62H140Cl19N8O24P2Si14-. The molecule has 0 aromatic carbocycles. The Bertz CT molecular complexity index is 2980. The highest BCUT2D eigenvalue weighted by Gasteiger charge is 2.51. The van der Waals surface area contributed by atoms with Gasteiger partial charge >= 0.3 is 69.6 Å². The zero-order valence-electron chi connectivity index (χ0n) is 77.0. The van der Waals surface area contributed by atoms with Crippen LogP contribution in [0.5, 0.6) is 0 Å². The maximum atomic E-state index is 10.5. The predicted molar refractivity (Wildman–Crippen MR) is 565 cm³/mol. The minimum absolute atomic E-state index is 0.00497. The third-order valence-corrected chi connectivity index (χ3v) is 44.3. The average molecular weight is 2510 g/mol. The quantitative estimate of drug-likeness (QED) is 0.0117. The van der Waals surface area contributed by atoms with Gasteiger partial charge in [0.2, 0.25) is 20.1 Å². The van der Waals surface area contributed by atoms with Crippen molar-refractivity contribution in [2.45, 2.75) is 295 Å². The first kappa shape index (κ1) is 161. The van der Waals surface area contributed by atoms with Crippen molar-refractivity contribution in [2.24, 2.45) is 5.73 Å². The number of aliphatic hydroxyl groups is 2. The van der Waals surface area contributed by atoms with Crippen LogP contribution in [0.4, 0.5) is 0 Å². The molecule has 0 aliphatic carbocycles. The van der Waals surface area contributed by atoms with Crippen LogP contribution in [0.15, 0.2) is 0 Å². The number of halogens is 19. The van der Waals surface area contributed by atoms with E-state index in [1.54, 1.807) is 12.6 Å². The highest BCUT2D eigenvalue weighted by molar-refractivity contribution is 7.66. The Hall–Kier alpha value is 4.52. The molecule has 0 bridgehead atoms. The molecule has 0 fully saturated rings. The van der Waals surface area contributed by atoms with Gasteiger partial charge in [0.1, 0.15) is 26.6 Å². The number of hydrogen-bond acceptors (Lipinski definition) is 30. The van der Waals surface area contributed by atoms with Crippen molar-refractivity contribution in [3.05, 3.63) is 0 Å². The molecule has 0 aromatic heterocycles. The van der Waals surface area contributed by atoms with Gasteiger partial charge in [-0.25, -0.2) is 0 Å². The summed E-state index contributed by atoms with van der Waals surface area (Å²) in [4.78, 5) is 105. The smallest absolute Gasteiger partial charge is 0.678 e. The molecule has 0 aromatic rings. The molecular weight excluding hydrogens is 2370 g/mol. The van der Waals surface area contributed by atoms with Crippen LogP contribution in [0.25, 0.3) is 0 Å². The second-order valence-electron chi connectivity index (χ2n) is 31.0. The lowest BCUT2D eigenvalue weighted by Gasteiger charge is -2.38. The Morgan fingerprint density at radius 1 is 0.380 bits per heavy atom. The number of unbranched alkanes of at least 4 members (excludes halogenated alkanes) is 2. The Kier molecular flexibility index (Phi) is 106. The van der Waals surface area contributed by atoms with E-state index in [1.807, 2.05) is 133 Å². The summed E-state index contributed by atoms with van der Waals surface area (Å²) in [7, 11) is -28.5. The molecule has 0 aliphatic heterocycles. The van der Waals surface area contributed by atoms with Crippen LogP contribution in [-0.2, 0) is 44.7 Å². The first-order chi connectivity index (χ1) is 57.1. The van der Waals surface area contributed by atoms with E-state index in [0.717, 1.165) is 44.5 Å². The minimum atomic E-state index is -4.56. The zero-order valence-corrected chi connectivity index (χ0v) is 107. The van der Waals surface area contributed by atoms with Crippen molar-refractivity contribution >= 4 is 329 Å². The van der Waals surface area contributed by atoms with Crippen LogP contribution in [0.2, 0.25) is 131 Å². The number of phosphoric acid groups is 1. The maximum Gasteiger partial charge on any atom is 0.678 e. The lowest BCUT2D eigenvalue weighted by Crippen LogP contribution is -2.57. The van der Waals surface area contributed by atoms with E-state index in [-0.39, 0.29) is 44.4 Å². The van der Waals surface area contributed by atoms with Gasteiger partial charge in [-0.2, -0.15) is 59.0 Å². The molecule has 15 N–H and O–H groups in total. The zero-order chi connectivity index (χ0) is 106. The second-order valence-corrected chi connectivity index (χ2v) is 120. The van der Waals surface area contributed by atoms with Gasteiger partial charge in [0, 0.05) is 71.9 Å². The van der Waals surface area contributed by atoms with Gasteiger partial charge in [-0.15, -0.1) is 188 Å². The SMILES string of the molecule is CC(C)(C)O[Si](O)(OC(C)(C)C)OC(C)(C)C.CCO[Si](CC#N)(OCC)OCC.COP(=O)([O-])OCCC[Si](O)(O)O.C[Si](C)(Cl)CC[Si](C)(C)Cl.C[Si](Cl)(Cl)CC#N.C[Si](Cl)(Cl)CCC#N.C[Si](Cl)(Cl)CCC#N.C[Si](Cl)(Cl)CCCCC#N.N#CCC[Si](Cl)(Cl)Cl.N#CC[Si](Cl)(Cl)Cl.NCCC[Si](Cl)(Cl)Cl.O=P(O)(O)C[Si](O)(O)O.OCCC[Si](O)(O)CCCO. The molecule has 0 heterocycles. The number of nitriles is 7. The topological polar surface area (TPSA) is 587 Å². The monoisotopic (exact) mass is 2500 g/mol. The lowest BCUT2D eigenvalue weighted by molar-refractivity contribution is -0.223. The van der Waals surface area contributed by atoms with Crippen molar-refractivity contribution in [2.75, 3.05) is 59.1 Å². The minimum Gasteiger partial charge on any atom is -0.756 e. The maximum absolute atomic E-state index is 10.5. The van der Waals surface area contributed by atoms with Crippen molar-refractivity contribution in [1.29, 1.82) is 36.8 Å².